The third-order valence-corrected chi connectivity index (χ3v) is 5.84. The minimum atomic E-state index is 0.288. The summed E-state index contributed by atoms with van der Waals surface area (Å²) in [5.41, 5.74) is 1.20. The van der Waals surface area contributed by atoms with Crippen LogP contribution in [0.25, 0.3) is 0 Å². The summed E-state index contributed by atoms with van der Waals surface area (Å²) in [6.07, 6.45) is 3.85. The molecule has 2 fully saturated rings. The molecule has 1 heterocycles. The Hall–Kier alpha value is -0.650. The Bertz CT molecular complexity index is 519. The molecule has 1 saturated carbocycles. The Morgan fingerprint density at radius 2 is 2.17 bits per heavy atom. The monoisotopic (exact) mass is 351 g/mol. The average Bonchev–Trinajstić information content (AvgIpc) is 3.06. The van der Waals surface area contributed by atoms with Crippen LogP contribution in [0.1, 0.15) is 30.9 Å². The van der Waals surface area contributed by atoms with E-state index in [2.05, 4.69) is 41.8 Å². The normalized spacial score (nSPS) is 29.1. The van der Waals surface area contributed by atoms with Crippen molar-refractivity contribution in [3.8, 4) is 0 Å². The van der Waals surface area contributed by atoms with E-state index in [0.29, 0.717) is 18.0 Å². The van der Waals surface area contributed by atoms with Crippen molar-refractivity contribution in [1.29, 1.82) is 0 Å². The van der Waals surface area contributed by atoms with Crippen LogP contribution in [0.4, 0.5) is 0 Å². The summed E-state index contributed by atoms with van der Waals surface area (Å²) in [5.74, 6) is 0.666. The number of hydrogen-bond donors (Lipinski definition) is 2. The summed E-state index contributed by atoms with van der Waals surface area (Å²) in [4.78, 5) is 2.25. The van der Waals surface area contributed by atoms with E-state index in [-0.39, 0.29) is 6.04 Å². The van der Waals surface area contributed by atoms with Crippen LogP contribution in [0.2, 0.25) is 5.02 Å². The highest BCUT2D eigenvalue weighted by Crippen LogP contribution is 2.31. The molecule has 1 aromatic carbocycles. The third kappa shape index (κ3) is 4.30. The molecule has 5 heteroatoms. The van der Waals surface area contributed by atoms with E-state index in [1.54, 1.807) is 0 Å². The molecule has 0 amide bonds. The van der Waals surface area contributed by atoms with Gasteiger partial charge in [0.1, 0.15) is 0 Å². The molecular weight excluding hydrogens is 322 g/mol. The fourth-order valence-electron chi connectivity index (χ4n) is 4.16. The number of likely N-dealkylation sites (N-methyl/N-ethyl adjacent to an activating group) is 1. The maximum absolute atomic E-state index is 6.43. The number of benzene rings is 1. The highest BCUT2D eigenvalue weighted by atomic mass is 35.5. The van der Waals surface area contributed by atoms with Crippen LogP contribution < -0.4 is 10.6 Å². The van der Waals surface area contributed by atoms with Crippen molar-refractivity contribution in [1.82, 2.24) is 15.5 Å². The maximum atomic E-state index is 6.43. The highest BCUT2D eigenvalue weighted by Gasteiger charge is 2.35. The fourth-order valence-corrected chi connectivity index (χ4v) is 4.43. The van der Waals surface area contributed by atoms with Gasteiger partial charge in [0.25, 0.3) is 0 Å². The van der Waals surface area contributed by atoms with Crippen LogP contribution in [0.5, 0.6) is 0 Å². The SMILES string of the molecule is CN(C)C(CNC1CCCC1C1COCCN1)c1ccccc1Cl. The lowest BCUT2D eigenvalue weighted by Gasteiger charge is -2.34. The van der Waals surface area contributed by atoms with Gasteiger partial charge in [0.15, 0.2) is 0 Å². The van der Waals surface area contributed by atoms with Gasteiger partial charge in [0.2, 0.25) is 0 Å². The molecule has 0 bridgehead atoms. The van der Waals surface area contributed by atoms with Gasteiger partial charge in [0, 0.05) is 36.2 Å². The van der Waals surface area contributed by atoms with Crippen LogP contribution >= 0.6 is 11.6 Å². The number of rotatable bonds is 6. The van der Waals surface area contributed by atoms with Crippen LogP contribution in [-0.4, -0.2) is 57.4 Å². The predicted octanol–water partition coefficient (Wildman–Crippen LogP) is 2.69. The molecule has 1 aromatic rings. The molecule has 4 atom stereocenters. The molecule has 134 valence electrons. The molecule has 24 heavy (non-hydrogen) atoms. The van der Waals surface area contributed by atoms with Crippen molar-refractivity contribution in [3.63, 3.8) is 0 Å². The number of nitrogens with one attached hydrogen (secondary N) is 2. The first-order valence-corrected chi connectivity index (χ1v) is 9.50. The van der Waals surface area contributed by atoms with Crippen LogP contribution in [-0.2, 0) is 4.74 Å². The second kappa shape index (κ2) is 8.63. The zero-order valence-electron chi connectivity index (χ0n) is 14.8. The molecule has 1 saturated heterocycles. The highest BCUT2D eigenvalue weighted by molar-refractivity contribution is 6.31. The Morgan fingerprint density at radius 1 is 1.33 bits per heavy atom. The van der Waals surface area contributed by atoms with Gasteiger partial charge in [0.05, 0.1) is 13.2 Å². The molecular formula is C19H30ClN3O. The quantitative estimate of drug-likeness (QED) is 0.826. The van der Waals surface area contributed by atoms with Crippen molar-refractivity contribution in [2.45, 2.75) is 37.4 Å². The molecule has 0 radical (unpaired) electrons. The molecule has 4 nitrogen and oxygen atoms in total. The van der Waals surface area contributed by atoms with Crippen molar-refractivity contribution in [3.05, 3.63) is 34.9 Å². The first-order valence-electron chi connectivity index (χ1n) is 9.12. The zero-order chi connectivity index (χ0) is 16.9. The lowest BCUT2D eigenvalue weighted by Crippen LogP contribution is -2.51. The van der Waals surface area contributed by atoms with E-state index in [0.717, 1.165) is 31.3 Å². The van der Waals surface area contributed by atoms with E-state index in [1.807, 2.05) is 12.1 Å². The second-order valence-corrected chi connectivity index (χ2v) is 7.65. The lowest BCUT2D eigenvalue weighted by molar-refractivity contribution is 0.0520. The van der Waals surface area contributed by atoms with Crippen molar-refractivity contribution in [2.75, 3.05) is 40.4 Å². The van der Waals surface area contributed by atoms with E-state index in [4.69, 9.17) is 16.3 Å². The molecule has 4 unspecified atom stereocenters. The van der Waals surface area contributed by atoms with Gasteiger partial charge in [-0.25, -0.2) is 0 Å². The molecule has 1 aliphatic heterocycles. The van der Waals surface area contributed by atoms with Gasteiger partial charge in [-0.3, -0.25) is 0 Å². The number of ether oxygens (including phenoxy) is 1. The molecule has 2 aliphatic rings. The Morgan fingerprint density at radius 3 is 2.88 bits per heavy atom. The predicted molar refractivity (Wildman–Crippen MR) is 99.6 cm³/mol. The van der Waals surface area contributed by atoms with Gasteiger partial charge in [-0.2, -0.15) is 0 Å². The molecule has 2 N–H and O–H groups in total. The van der Waals surface area contributed by atoms with E-state index < -0.39 is 0 Å². The Balaban J connectivity index is 1.62. The van der Waals surface area contributed by atoms with Crippen molar-refractivity contribution >= 4 is 11.6 Å². The minimum Gasteiger partial charge on any atom is -0.379 e. The number of nitrogens with zero attached hydrogens (tertiary/aromatic N) is 1. The first-order chi connectivity index (χ1) is 11.7. The topological polar surface area (TPSA) is 36.5 Å². The van der Waals surface area contributed by atoms with Crippen LogP contribution in [0.3, 0.4) is 0 Å². The van der Waals surface area contributed by atoms with Crippen LogP contribution in [0, 0.1) is 5.92 Å². The van der Waals surface area contributed by atoms with Gasteiger partial charge in [-0.15, -0.1) is 0 Å². The summed E-state index contributed by atoms with van der Waals surface area (Å²) in [5, 5.41) is 8.34. The third-order valence-electron chi connectivity index (χ3n) is 5.50. The molecule has 3 rings (SSSR count). The Kier molecular flexibility index (Phi) is 6.53. The second-order valence-electron chi connectivity index (χ2n) is 7.25. The fraction of sp³-hybridized carbons (Fsp3) is 0.684. The molecule has 1 aliphatic carbocycles. The molecule has 0 spiro atoms. The largest absolute Gasteiger partial charge is 0.379 e. The summed E-state index contributed by atoms with van der Waals surface area (Å²) < 4.78 is 5.68. The molecule has 0 aromatic heterocycles. The average molecular weight is 352 g/mol. The number of morpholine rings is 1. The number of halogens is 1. The van der Waals surface area contributed by atoms with Crippen molar-refractivity contribution < 1.29 is 4.74 Å². The maximum Gasteiger partial charge on any atom is 0.0623 e. The standard InChI is InChI=1S/C19H30ClN3O/c1-23(2)19(14-6-3-4-8-16(14)20)12-22-17-9-5-7-15(17)18-13-24-11-10-21-18/h3-4,6,8,15,17-19,21-22H,5,7,9-13H2,1-2H3. The summed E-state index contributed by atoms with van der Waals surface area (Å²) in [7, 11) is 4.25. The van der Waals surface area contributed by atoms with Crippen molar-refractivity contribution in [2.24, 2.45) is 5.92 Å². The lowest BCUT2D eigenvalue weighted by atomic mass is 9.93. The van der Waals surface area contributed by atoms with E-state index >= 15 is 0 Å². The van der Waals surface area contributed by atoms with Gasteiger partial charge in [-0.05, 0) is 44.5 Å². The summed E-state index contributed by atoms with van der Waals surface area (Å²) in [6.45, 7) is 3.60. The summed E-state index contributed by atoms with van der Waals surface area (Å²) >= 11 is 6.43. The smallest absolute Gasteiger partial charge is 0.0623 e. The van der Waals surface area contributed by atoms with E-state index in [9.17, 15) is 0 Å². The van der Waals surface area contributed by atoms with Gasteiger partial charge < -0.3 is 20.3 Å². The van der Waals surface area contributed by atoms with Gasteiger partial charge >= 0.3 is 0 Å². The van der Waals surface area contributed by atoms with Gasteiger partial charge in [-0.1, -0.05) is 36.2 Å². The van der Waals surface area contributed by atoms with E-state index in [1.165, 1.54) is 24.8 Å². The number of hydrogen-bond acceptors (Lipinski definition) is 4. The van der Waals surface area contributed by atoms with Crippen LogP contribution in [0.15, 0.2) is 24.3 Å². The first kappa shape index (κ1) is 18.2. The summed E-state index contributed by atoms with van der Waals surface area (Å²) in [6, 6.07) is 9.53. The zero-order valence-corrected chi connectivity index (χ0v) is 15.6. The Labute approximate surface area is 150 Å². The minimum absolute atomic E-state index is 0.288.